The average molecular weight is 438 g/mol. The van der Waals surface area contributed by atoms with Crippen molar-refractivity contribution in [2.45, 2.75) is 71.1 Å². The summed E-state index contributed by atoms with van der Waals surface area (Å²) < 4.78 is 5.91. The normalized spacial score (nSPS) is 26.4. The highest BCUT2D eigenvalue weighted by Crippen LogP contribution is 2.34. The van der Waals surface area contributed by atoms with Gasteiger partial charge in [0.25, 0.3) is 0 Å². The van der Waals surface area contributed by atoms with Crippen molar-refractivity contribution in [3.8, 4) is 0 Å². The molecule has 2 aliphatic heterocycles. The summed E-state index contributed by atoms with van der Waals surface area (Å²) in [5, 5.41) is 6.94. The van der Waals surface area contributed by atoms with Crippen LogP contribution in [0.5, 0.6) is 0 Å². The summed E-state index contributed by atoms with van der Waals surface area (Å²) in [6.45, 7) is 11.9. The van der Waals surface area contributed by atoms with Gasteiger partial charge in [-0.2, -0.15) is 0 Å². The zero-order chi connectivity index (χ0) is 15.8. The molecule has 0 amide bonds. The molecule has 2 N–H and O–H groups in total. The van der Waals surface area contributed by atoms with E-state index in [4.69, 9.17) is 9.73 Å². The fraction of sp³-hybridized carbons (Fsp3) is 0.941. The number of guanidine groups is 1. The van der Waals surface area contributed by atoms with Gasteiger partial charge in [-0.1, -0.05) is 13.8 Å². The Kier molecular flexibility index (Phi) is 10.5. The molecule has 2 heterocycles. The fourth-order valence-electron chi connectivity index (χ4n) is 3.46. The molecule has 2 rings (SSSR count). The number of hydrogen-bond acceptors (Lipinski definition) is 3. The molecular weight excluding hydrogens is 403 g/mol. The Balaban J connectivity index is 0.00000264. The van der Waals surface area contributed by atoms with E-state index in [2.05, 4.69) is 36.3 Å². The molecule has 5 nitrogen and oxygen atoms in total. The van der Waals surface area contributed by atoms with Gasteiger partial charge in [-0.05, 0) is 58.7 Å². The van der Waals surface area contributed by atoms with Crippen LogP contribution in [0.1, 0.15) is 52.9 Å². The zero-order valence-electron chi connectivity index (χ0n) is 15.0. The summed E-state index contributed by atoms with van der Waals surface area (Å²) in [6, 6.07) is 0.451. The third kappa shape index (κ3) is 6.74. The molecule has 3 unspecified atom stereocenters. The van der Waals surface area contributed by atoms with Gasteiger partial charge in [-0.3, -0.25) is 4.99 Å². The Bertz CT molecular complexity index is 349. The number of aliphatic imine (C=N–C) groups is 1. The molecule has 0 aromatic carbocycles. The highest BCUT2D eigenvalue weighted by atomic mass is 127. The Morgan fingerprint density at radius 1 is 1.17 bits per heavy atom. The van der Waals surface area contributed by atoms with E-state index in [1.165, 1.54) is 25.8 Å². The van der Waals surface area contributed by atoms with E-state index >= 15 is 0 Å². The van der Waals surface area contributed by atoms with Crippen molar-refractivity contribution in [2.24, 2.45) is 4.99 Å². The Labute approximate surface area is 159 Å². The van der Waals surface area contributed by atoms with Crippen LogP contribution in [0.2, 0.25) is 0 Å². The maximum atomic E-state index is 5.91. The van der Waals surface area contributed by atoms with Gasteiger partial charge < -0.3 is 20.3 Å². The third-order valence-corrected chi connectivity index (χ3v) is 4.82. The minimum atomic E-state index is 0. The quantitative estimate of drug-likeness (QED) is 0.252. The van der Waals surface area contributed by atoms with Crippen molar-refractivity contribution in [1.29, 1.82) is 0 Å². The Morgan fingerprint density at radius 2 is 1.96 bits per heavy atom. The molecular formula is C17H35IN4O. The number of rotatable bonds is 9. The van der Waals surface area contributed by atoms with E-state index in [0.717, 1.165) is 45.0 Å². The number of fused-ring (bicyclic) bond motifs is 2. The molecule has 0 spiro atoms. The average Bonchev–Trinajstić information content (AvgIpc) is 3.13. The van der Waals surface area contributed by atoms with E-state index in [-0.39, 0.29) is 24.0 Å². The minimum absolute atomic E-state index is 0. The van der Waals surface area contributed by atoms with Gasteiger partial charge in [0.15, 0.2) is 5.96 Å². The first kappa shape index (κ1) is 21.0. The first-order valence-electron chi connectivity index (χ1n) is 9.19. The molecule has 0 radical (unpaired) electrons. The van der Waals surface area contributed by atoms with Crippen LogP contribution in [0, 0.1) is 0 Å². The maximum absolute atomic E-state index is 5.91. The number of halogens is 1. The second-order valence-electron chi connectivity index (χ2n) is 6.36. The predicted octanol–water partition coefficient (Wildman–Crippen LogP) is 2.60. The zero-order valence-corrected chi connectivity index (χ0v) is 17.3. The molecule has 2 fully saturated rings. The molecule has 23 heavy (non-hydrogen) atoms. The van der Waals surface area contributed by atoms with Gasteiger partial charge in [0, 0.05) is 13.1 Å². The molecule has 2 aliphatic rings. The lowest BCUT2D eigenvalue weighted by atomic mass is 9.96. The van der Waals surface area contributed by atoms with Crippen LogP contribution >= 0.6 is 24.0 Å². The van der Waals surface area contributed by atoms with E-state index in [9.17, 15) is 0 Å². The maximum Gasteiger partial charge on any atom is 0.191 e. The monoisotopic (exact) mass is 438 g/mol. The van der Waals surface area contributed by atoms with Crippen molar-refractivity contribution < 1.29 is 4.74 Å². The van der Waals surface area contributed by atoms with Gasteiger partial charge in [0.05, 0.1) is 18.2 Å². The number of hydrogen-bond donors (Lipinski definition) is 2. The van der Waals surface area contributed by atoms with Crippen molar-refractivity contribution in [2.75, 3.05) is 32.7 Å². The highest BCUT2D eigenvalue weighted by molar-refractivity contribution is 14.0. The summed E-state index contributed by atoms with van der Waals surface area (Å²) in [4.78, 5) is 7.20. The number of ether oxygens (including phenoxy) is 1. The largest absolute Gasteiger partial charge is 0.373 e. The van der Waals surface area contributed by atoms with Gasteiger partial charge in [-0.25, -0.2) is 0 Å². The molecule has 0 aromatic heterocycles. The number of unbranched alkanes of at least 4 members (excludes halogenated alkanes) is 1. The van der Waals surface area contributed by atoms with Crippen LogP contribution in [0.15, 0.2) is 4.99 Å². The Morgan fingerprint density at radius 3 is 2.52 bits per heavy atom. The molecule has 0 aliphatic carbocycles. The number of nitrogens with one attached hydrogen (secondary N) is 2. The summed E-state index contributed by atoms with van der Waals surface area (Å²) in [5.41, 5.74) is 0. The molecule has 0 aromatic rings. The van der Waals surface area contributed by atoms with E-state index in [1.807, 2.05) is 0 Å². The first-order chi connectivity index (χ1) is 10.8. The van der Waals surface area contributed by atoms with Crippen LogP contribution in [0.25, 0.3) is 0 Å². The minimum Gasteiger partial charge on any atom is -0.373 e. The molecule has 136 valence electrons. The summed E-state index contributed by atoms with van der Waals surface area (Å²) in [5.74, 6) is 0.964. The van der Waals surface area contributed by atoms with Crippen LogP contribution in [0.3, 0.4) is 0 Å². The van der Waals surface area contributed by atoms with E-state index in [1.54, 1.807) is 0 Å². The summed E-state index contributed by atoms with van der Waals surface area (Å²) in [6.07, 6.45) is 6.84. The molecule has 6 heteroatoms. The smallest absolute Gasteiger partial charge is 0.191 e. The SMILES string of the molecule is CCNC(=NCCCCN(CC)CC)NC1CC2CCC1O2.I. The predicted molar refractivity (Wildman–Crippen MR) is 108 cm³/mol. The standard InChI is InChI=1S/C17H34N4O.HI/c1-4-18-17(19-11-7-8-12-21(5-2)6-3)20-15-13-14-9-10-16(15)22-14;/h14-16H,4-13H2,1-3H3,(H2,18,19,20);1H. The van der Waals surface area contributed by atoms with Crippen molar-refractivity contribution in [1.82, 2.24) is 15.5 Å². The van der Waals surface area contributed by atoms with Crippen LogP contribution < -0.4 is 10.6 Å². The van der Waals surface area contributed by atoms with E-state index < -0.39 is 0 Å². The van der Waals surface area contributed by atoms with Crippen LogP contribution in [-0.4, -0.2) is 61.8 Å². The third-order valence-electron chi connectivity index (χ3n) is 4.82. The van der Waals surface area contributed by atoms with Crippen LogP contribution in [-0.2, 0) is 4.74 Å². The van der Waals surface area contributed by atoms with Gasteiger partial charge in [-0.15, -0.1) is 24.0 Å². The van der Waals surface area contributed by atoms with Gasteiger partial charge in [0.2, 0.25) is 0 Å². The first-order valence-corrected chi connectivity index (χ1v) is 9.19. The van der Waals surface area contributed by atoms with Crippen molar-refractivity contribution in [3.63, 3.8) is 0 Å². The topological polar surface area (TPSA) is 48.9 Å². The lowest BCUT2D eigenvalue weighted by Crippen LogP contribution is -2.47. The van der Waals surface area contributed by atoms with Crippen LogP contribution in [0.4, 0.5) is 0 Å². The molecule has 3 atom stereocenters. The lowest BCUT2D eigenvalue weighted by molar-refractivity contribution is 0.0992. The molecule has 2 saturated heterocycles. The number of nitrogens with zero attached hydrogens (tertiary/aromatic N) is 2. The molecule has 0 saturated carbocycles. The summed E-state index contributed by atoms with van der Waals surface area (Å²) in [7, 11) is 0. The second-order valence-corrected chi connectivity index (χ2v) is 6.36. The highest BCUT2D eigenvalue weighted by Gasteiger charge is 2.41. The van der Waals surface area contributed by atoms with Gasteiger partial charge >= 0.3 is 0 Å². The van der Waals surface area contributed by atoms with Crippen molar-refractivity contribution in [3.05, 3.63) is 0 Å². The molecule has 2 bridgehead atoms. The lowest BCUT2D eigenvalue weighted by Gasteiger charge is -2.22. The van der Waals surface area contributed by atoms with E-state index in [0.29, 0.717) is 18.2 Å². The second kappa shape index (κ2) is 11.5. The fourth-order valence-corrected chi connectivity index (χ4v) is 3.46. The summed E-state index contributed by atoms with van der Waals surface area (Å²) >= 11 is 0. The van der Waals surface area contributed by atoms with Crippen molar-refractivity contribution >= 4 is 29.9 Å². The van der Waals surface area contributed by atoms with Gasteiger partial charge in [0.1, 0.15) is 0 Å². The Hall–Kier alpha value is -0.0800.